The van der Waals surface area contributed by atoms with Gasteiger partial charge in [-0.3, -0.25) is 0 Å². The maximum absolute atomic E-state index is 12.6. The van der Waals surface area contributed by atoms with Crippen LogP contribution in [-0.2, 0) is 16.6 Å². The van der Waals surface area contributed by atoms with E-state index in [-0.39, 0.29) is 5.41 Å². The lowest BCUT2D eigenvalue weighted by Gasteiger charge is -2.20. The first-order valence-electron chi connectivity index (χ1n) is 7.55. The van der Waals surface area contributed by atoms with Gasteiger partial charge in [0.1, 0.15) is 0 Å². The summed E-state index contributed by atoms with van der Waals surface area (Å²) in [5.41, 5.74) is 2.02. The molecule has 1 aromatic rings. The Bertz CT molecular complexity index is 605. The van der Waals surface area contributed by atoms with Crippen molar-refractivity contribution >= 4 is 10.0 Å². The normalized spacial score (nSPS) is 17.2. The number of hydrogen-bond donors (Lipinski definition) is 2. The van der Waals surface area contributed by atoms with E-state index in [0.717, 1.165) is 24.0 Å². The molecule has 1 saturated carbocycles. The van der Waals surface area contributed by atoms with Gasteiger partial charge in [-0.15, -0.1) is 0 Å². The maximum Gasteiger partial charge on any atom is 0.240 e. The van der Waals surface area contributed by atoms with Crippen molar-refractivity contribution in [1.29, 1.82) is 0 Å². The molecule has 0 aliphatic heterocycles. The average Bonchev–Trinajstić information content (AvgIpc) is 3.20. The van der Waals surface area contributed by atoms with Crippen LogP contribution in [0.25, 0.3) is 0 Å². The third kappa shape index (κ3) is 3.47. The Morgan fingerprint density at radius 2 is 1.95 bits per heavy atom. The van der Waals surface area contributed by atoms with Gasteiger partial charge in [0, 0.05) is 13.1 Å². The number of hydrogen-bond acceptors (Lipinski definition) is 3. The van der Waals surface area contributed by atoms with Crippen molar-refractivity contribution in [3.05, 3.63) is 29.3 Å². The minimum atomic E-state index is -3.44. The Hall–Kier alpha value is -0.910. The first-order chi connectivity index (χ1) is 9.82. The predicted octanol–water partition coefficient (Wildman–Crippen LogP) is 2.43. The lowest BCUT2D eigenvalue weighted by Crippen LogP contribution is -2.33. The number of rotatable bonds is 7. The molecule has 0 spiro atoms. The molecular formula is C16H26N2O2S. The molecule has 2 rings (SSSR count). The number of nitrogens with one attached hydrogen (secondary N) is 2. The molecule has 118 valence electrons. The van der Waals surface area contributed by atoms with Crippen LogP contribution in [0.1, 0.15) is 37.8 Å². The Labute approximate surface area is 128 Å². The highest BCUT2D eigenvalue weighted by atomic mass is 32.2. The minimum Gasteiger partial charge on any atom is -0.316 e. The fourth-order valence-electron chi connectivity index (χ4n) is 2.77. The van der Waals surface area contributed by atoms with E-state index in [9.17, 15) is 8.42 Å². The maximum atomic E-state index is 12.6. The third-order valence-electron chi connectivity index (χ3n) is 4.78. The summed E-state index contributed by atoms with van der Waals surface area (Å²) in [5.74, 6) is 0.511. The lowest BCUT2D eigenvalue weighted by molar-refractivity contribution is 0.357. The van der Waals surface area contributed by atoms with Crippen LogP contribution in [0.5, 0.6) is 0 Å². The molecule has 0 bridgehead atoms. The number of benzene rings is 1. The molecule has 1 fully saturated rings. The SMILES string of the molecule is CNCc1cccc(S(=O)(=O)NCC2(C(C)C)CC2)c1C. The summed E-state index contributed by atoms with van der Waals surface area (Å²) in [5, 5.41) is 3.07. The molecule has 1 aliphatic carbocycles. The van der Waals surface area contributed by atoms with Gasteiger partial charge >= 0.3 is 0 Å². The van der Waals surface area contributed by atoms with E-state index in [1.807, 2.05) is 26.1 Å². The van der Waals surface area contributed by atoms with Crippen molar-refractivity contribution in [3.63, 3.8) is 0 Å². The van der Waals surface area contributed by atoms with Crippen molar-refractivity contribution < 1.29 is 8.42 Å². The molecule has 21 heavy (non-hydrogen) atoms. The summed E-state index contributed by atoms with van der Waals surface area (Å²) in [6, 6.07) is 5.46. The number of sulfonamides is 1. The van der Waals surface area contributed by atoms with Gasteiger partial charge in [0.05, 0.1) is 4.90 Å². The van der Waals surface area contributed by atoms with Crippen LogP contribution < -0.4 is 10.0 Å². The molecule has 0 amide bonds. The van der Waals surface area contributed by atoms with Crippen molar-refractivity contribution in [2.75, 3.05) is 13.6 Å². The zero-order chi connectivity index (χ0) is 15.7. The van der Waals surface area contributed by atoms with E-state index in [1.165, 1.54) is 0 Å². The van der Waals surface area contributed by atoms with Crippen molar-refractivity contribution in [2.45, 2.75) is 45.1 Å². The van der Waals surface area contributed by atoms with Crippen molar-refractivity contribution in [2.24, 2.45) is 11.3 Å². The molecule has 1 aromatic carbocycles. The van der Waals surface area contributed by atoms with E-state index in [4.69, 9.17) is 0 Å². The molecule has 0 radical (unpaired) electrons. The van der Waals surface area contributed by atoms with Crippen LogP contribution in [0, 0.1) is 18.3 Å². The summed E-state index contributed by atoms with van der Waals surface area (Å²) < 4.78 is 28.0. The Morgan fingerprint density at radius 1 is 1.29 bits per heavy atom. The summed E-state index contributed by atoms with van der Waals surface area (Å²) in [4.78, 5) is 0.398. The molecule has 0 atom stereocenters. The average molecular weight is 310 g/mol. The van der Waals surface area contributed by atoms with Gasteiger partial charge in [-0.05, 0) is 55.3 Å². The highest BCUT2D eigenvalue weighted by Crippen LogP contribution is 2.51. The van der Waals surface area contributed by atoms with E-state index in [0.29, 0.717) is 23.9 Å². The van der Waals surface area contributed by atoms with Gasteiger partial charge in [0.25, 0.3) is 0 Å². The topological polar surface area (TPSA) is 58.2 Å². The molecule has 2 N–H and O–H groups in total. The monoisotopic (exact) mass is 310 g/mol. The van der Waals surface area contributed by atoms with Gasteiger partial charge in [-0.25, -0.2) is 13.1 Å². The summed E-state index contributed by atoms with van der Waals surface area (Å²) >= 11 is 0. The molecule has 0 saturated heterocycles. The predicted molar refractivity (Wildman–Crippen MR) is 85.6 cm³/mol. The Balaban J connectivity index is 2.18. The largest absolute Gasteiger partial charge is 0.316 e. The van der Waals surface area contributed by atoms with Crippen LogP contribution in [0.15, 0.2) is 23.1 Å². The lowest BCUT2D eigenvalue weighted by atomic mass is 9.93. The van der Waals surface area contributed by atoms with Gasteiger partial charge in [-0.2, -0.15) is 0 Å². The van der Waals surface area contributed by atoms with Gasteiger partial charge in [0.15, 0.2) is 0 Å². The summed E-state index contributed by atoms with van der Waals surface area (Å²) in [6.07, 6.45) is 2.23. The second-order valence-electron chi connectivity index (χ2n) is 6.41. The van der Waals surface area contributed by atoms with Gasteiger partial charge in [0.2, 0.25) is 10.0 Å². The molecule has 5 heteroatoms. The smallest absolute Gasteiger partial charge is 0.240 e. The molecule has 0 heterocycles. The van der Waals surface area contributed by atoms with Gasteiger partial charge in [-0.1, -0.05) is 26.0 Å². The van der Waals surface area contributed by atoms with Crippen LogP contribution >= 0.6 is 0 Å². The highest BCUT2D eigenvalue weighted by molar-refractivity contribution is 7.89. The second-order valence-corrected chi connectivity index (χ2v) is 8.15. The van der Waals surface area contributed by atoms with Crippen LogP contribution in [0.2, 0.25) is 0 Å². The molecular weight excluding hydrogens is 284 g/mol. The van der Waals surface area contributed by atoms with Gasteiger partial charge < -0.3 is 5.32 Å². The van der Waals surface area contributed by atoms with Crippen molar-refractivity contribution in [3.8, 4) is 0 Å². The van der Waals surface area contributed by atoms with Crippen molar-refractivity contribution in [1.82, 2.24) is 10.0 Å². The fourth-order valence-corrected chi connectivity index (χ4v) is 4.19. The quantitative estimate of drug-likeness (QED) is 0.813. The summed E-state index contributed by atoms with van der Waals surface area (Å²) in [6.45, 7) is 7.42. The van der Waals surface area contributed by atoms with Crippen LogP contribution in [0.4, 0.5) is 0 Å². The Morgan fingerprint density at radius 3 is 2.48 bits per heavy atom. The minimum absolute atomic E-state index is 0.170. The zero-order valence-corrected chi connectivity index (χ0v) is 14.2. The first kappa shape index (κ1) is 16.5. The van der Waals surface area contributed by atoms with Crippen LogP contribution in [0.3, 0.4) is 0 Å². The van der Waals surface area contributed by atoms with Crippen LogP contribution in [-0.4, -0.2) is 22.0 Å². The third-order valence-corrected chi connectivity index (χ3v) is 6.33. The first-order valence-corrected chi connectivity index (χ1v) is 9.03. The fraction of sp³-hybridized carbons (Fsp3) is 0.625. The Kier molecular flexibility index (Phi) is 4.76. The van der Waals surface area contributed by atoms with E-state index >= 15 is 0 Å². The highest BCUT2D eigenvalue weighted by Gasteiger charge is 2.45. The molecule has 0 aromatic heterocycles. The standard InChI is InChI=1S/C16H26N2O2S/c1-12(2)16(8-9-16)11-18-21(19,20)15-7-5-6-14(10-17-4)13(15)3/h5-7,12,17-18H,8-11H2,1-4H3. The van der Waals surface area contributed by atoms with E-state index in [2.05, 4.69) is 23.9 Å². The summed E-state index contributed by atoms with van der Waals surface area (Å²) in [7, 11) is -1.58. The zero-order valence-electron chi connectivity index (χ0n) is 13.4. The second kappa shape index (κ2) is 6.07. The van der Waals surface area contributed by atoms with E-state index < -0.39 is 10.0 Å². The van der Waals surface area contributed by atoms with E-state index in [1.54, 1.807) is 6.07 Å². The molecule has 0 unspecified atom stereocenters. The molecule has 1 aliphatic rings. The molecule has 4 nitrogen and oxygen atoms in total.